The summed E-state index contributed by atoms with van der Waals surface area (Å²) in [6, 6.07) is 10.0. The van der Waals surface area contributed by atoms with Gasteiger partial charge in [0, 0.05) is 43.2 Å². The summed E-state index contributed by atoms with van der Waals surface area (Å²) in [4.78, 5) is 35.7. The molecule has 4 rings (SSSR count). The van der Waals surface area contributed by atoms with Gasteiger partial charge in [0.05, 0.1) is 5.56 Å². The molecule has 5 nitrogen and oxygen atoms in total. The third-order valence-electron chi connectivity index (χ3n) is 6.34. The molecule has 1 aromatic carbocycles. The Morgan fingerprint density at radius 1 is 0.968 bits per heavy atom. The standard InChI is InChI=1S/C25H31N3O2S/c1-18-8-9-22(19(2)17-18)31-23-21(7-6-12-26-23)25(30)28-15-10-20(11-16-28)24(29)27-13-4-3-5-14-27/h6-9,12,17,20H,3-5,10-11,13-16H2,1-2H3. The number of aromatic nitrogens is 1. The molecule has 0 bridgehead atoms. The highest BCUT2D eigenvalue weighted by Crippen LogP contribution is 2.32. The maximum absolute atomic E-state index is 13.3. The van der Waals surface area contributed by atoms with Crippen LogP contribution in [0.3, 0.4) is 0 Å². The van der Waals surface area contributed by atoms with Crippen molar-refractivity contribution < 1.29 is 9.59 Å². The first kappa shape index (κ1) is 21.9. The predicted octanol–water partition coefficient (Wildman–Crippen LogP) is 4.71. The molecule has 0 saturated carbocycles. The molecule has 2 fully saturated rings. The average molecular weight is 438 g/mol. The Morgan fingerprint density at radius 2 is 1.71 bits per heavy atom. The fraction of sp³-hybridized carbons (Fsp3) is 0.480. The Morgan fingerprint density at radius 3 is 2.42 bits per heavy atom. The van der Waals surface area contributed by atoms with Crippen LogP contribution in [0.15, 0.2) is 46.5 Å². The van der Waals surface area contributed by atoms with Gasteiger partial charge in [0.1, 0.15) is 5.03 Å². The normalized spacial score (nSPS) is 17.6. The van der Waals surface area contributed by atoms with Gasteiger partial charge in [-0.1, -0.05) is 29.5 Å². The molecule has 0 N–H and O–H groups in total. The highest BCUT2D eigenvalue weighted by atomic mass is 32.2. The molecule has 164 valence electrons. The van der Waals surface area contributed by atoms with Gasteiger partial charge < -0.3 is 9.80 Å². The molecule has 2 aliphatic rings. The van der Waals surface area contributed by atoms with E-state index in [9.17, 15) is 9.59 Å². The van der Waals surface area contributed by atoms with Crippen molar-refractivity contribution in [3.05, 3.63) is 53.2 Å². The topological polar surface area (TPSA) is 53.5 Å². The van der Waals surface area contributed by atoms with Crippen LogP contribution < -0.4 is 0 Å². The van der Waals surface area contributed by atoms with E-state index in [0.29, 0.717) is 24.6 Å². The summed E-state index contributed by atoms with van der Waals surface area (Å²) in [6.45, 7) is 7.22. The minimum atomic E-state index is 0.0178. The van der Waals surface area contributed by atoms with E-state index >= 15 is 0 Å². The van der Waals surface area contributed by atoms with Gasteiger partial charge >= 0.3 is 0 Å². The first-order valence-electron chi connectivity index (χ1n) is 11.3. The summed E-state index contributed by atoms with van der Waals surface area (Å²) in [6.07, 6.45) is 6.70. The SMILES string of the molecule is Cc1ccc(Sc2ncccc2C(=O)N2CCC(C(=O)N3CCCCC3)CC2)c(C)c1. The molecule has 1 aromatic heterocycles. The molecule has 0 radical (unpaired) electrons. The number of benzene rings is 1. The molecule has 0 spiro atoms. The number of hydrogen-bond acceptors (Lipinski definition) is 4. The summed E-state index contributed by atoms with van der Waals surface area (Å²) in [5.74, 6) is 0.364. The maximum Gasteiger partial charge on any atom is 0.256 e. The van der Waals surface area contributed by atoms with Gasteiger partial charge in [-0.05, 0) is 69.7 Å². The molecular formula is C25H31N3O2S. The molecule has 0 aliphatic carbocycles. The molecule has 2 aliphatic heterocycles. The van der Waals surface area contributed by atoms with E-state index in [4.69, 9.17) is 0 Å². The van der Waals surface area contributed by atoms with E-state index in [1.54, 1.807) is 18.0 Å². The van der Waals surface area contributed by atoms with E-state index in [-0.39, 0.29) is 11.8 Å². The first-order valence-corrected chi connectivity index (χ1v) is 12.1. The van der Waals surface area contributed by atoms with Crippen molar-refractivity contribution in [2.24, 2.45) is 5.92 Å². The van der Waals surface area contributed by atoms with Crippen molar-refractivity contribution in [3.8, 4) is 0 Å². The minimum absolute atomic E-state index is 0.0178. The number of aryl methyl sites for hydroxylation is 2. The molecule has 2 amide bonds. The zero-order valence-corrected chi connectivity index (χ0v) is 19.3. The zero-order chi connectivity index (χ0) is 21.8. The summed E-state index contributed by atoms with van der Waals surface area (Å²) in [5, 5.41) is 0.742. The van der Waals surface area contributed by atoms with Gasteiger partial charge in [-0.15, -0.1) is 0 Å². The highest BCUT2D eigenvalue weighted by Gasteiger charge is 2.31. The van der Waals surface area contributed by atoms with Gasteiger partial charge in [-0.25, -0.2) is 4.98 Å². The quantitative estimate of drug-likeness (QED) is 0.695. The van der Waals surface area contributed by atoms with Gasteiger partial charge in [-0.3, -0.25) is 9.59 Å². The number of rotatable bonds is 4. The zero-order valence-electron chi connectivity index (χ0n) is 18.5. The number of hydrogen-bond donors (Lipinski definition) is 0. The van der Waals surface area contributed by atoms with Crippen LogP contribution in [0.2, 0.25) is 0 Å². The van der Waals surface area contributed by atoms with Gasteiger partial charge in [-0.2, -0.15) is 0 Å². The third-order valence-corrected chi connectivity index (χ3v) is 7.53. The summed E-state index contributed by atoms with van der Waals surface area (Å²) in [5.41, 5.74) is 3.06. The second-order valence-corrected chi connectivity index (χ2v) is 9.71. The van der Waals surface area contributed by atoms with Crippen LogP contribution in [-0.2, 0) is 4.79 Å². The Kier molecular flexibility index (Phi) is 6.96. The number of carbonyl (C=O) groups excluding carboxylic acids is 2. The summed E-state index contributed by atoms with van der Waals surface area (Å²) < 4.78 is 0. The fourth-order valence-corrected chi connectivity index (χ4v) is 5.47. The molecule has 0 atom stereocenters. The van der Waals surface area contributed by atoms with E-state index in [2.05, 4.69) is 37.0 Å². The van der Waals surface area contributed by atoms with E-state index in [1.807, 2.05) is 21.9 Å². The number of likely N-dealkylation sites (tertiary alicyclic amines) is 2. The van der Waals surface area contributed by atoms with Crippen molar-refractivity contribution in [1.82, 2.24) is 14.8 Å². The monoisotopic (exact) mass is 437 g/mol. The van der Waals surface area contributed by atoms with Crippen LogP contribution in [0.1, 0.15) is 53.6 Å². The molecule has 2 saturated heterocycles. The fourth-order valence-electron chi connectivity index (χ4n) is 4.53. The second-order valence-electron chi connectivity index (χ2n) is 8.68. The first-order chi connectivity index (χ1) is 15.0. The van der Waals surface area contributed by atoms with Crippen molar-refractivity contribution in [2.45, 2.75) is 55.9 Å². The lowest BCUT2D eigenvalue weighted by Gasteiger charge is -2.35. The summed E-state index contributed by atoms with van der Waals surface area (Å²) >= 11 is 1.55. The van der Waals surface area contributed by atoms with E-state index in [1.165, 1.54) is 17.5 Å². The molecular weight excluding hydrogens is 406 g/mol. The maximum atomic E-state index is 13.3. The Labute approximate surface area is 189 Å². The minimum Gasteiger partial charge on any atom is -0.342 e. The molecule has 31 heavy (non-hydrogen) atoms. The highest BCUT2D eigenvalue weighted by molar-refractivity contribution is 7.99. The van der Waals surface area contributed by atoms with Crippen LogP contribution >= 0.6 is 11.8 Å². The number of nitrogens with zero attached hydrogens (tertiary/aromatic N) is 3. The molecule has 6 heteroatoms. The average Bonchev–Trinajstić information content (AvgIpc) is 2.81. The summed E-state index contributed by atoms with van der Waals surface area (Å²) in [7, 11) is 0. The number of carbonyl (C=O) groups is 2. The second kappa shape index (κ2) is 9.86. The number of pyridine rings is 1. The van der Waals surface area contributed by atoms with Crippen molar-refractivity contribution >= 4 is 23.6 Å². The van der Waals surface area contributed by atoms with Crippen molar-refractivity contribution in [1.29, 1.82) is 0 Å². The third kappa shape index (κ3) is 5.12. The largest absolute Gasteiger partial charge is 0.342 e. The molecule has 3 heterocycles. The van der Waals surface area contributed by atoms with Gasteiger partial charge in [0.25, 0.3) is 5.91 Å². The molecule has 0 unspecified atom stereocenters. The Bertz CT molecular complexity index is 948. The van der Waals surface area contributed by atoms with Crippen molar-refractivity contribution in [2.75, 3.05) is 26.2 Å². The Balaban J connectivity index is 1.42. The van der Waals surface area contributed by atoms with Crippen LogP contribution in [0.5, 0.6) is 0 Å². The molecule has 2 aromatic rings. The lowest BCUT2D eigenvalue weighted by molar-refractivity contribution is -0.137. The lowest BCUT2D eigenvalue weighted by Crippen LogP contribution is -2.45. The Hall–Kier alpha value is -2.34. The predicted molar refractivity (Wildman–Crippen MR) is 123 cm³/mol. The van der Waals surface area contributed by atoms with Crippen LogP contribution in [0.4, 0.5) is 0 Å². The number of piperidine rings is 2. The van der Waals surface area contributed by atoms with Crippen molar-refractivity contribution in [3.63, 3.8) is 0 Å². The van der Waals surface area contributed by atoms with Gasteiger partial charge in [0.15, 0.2) is 0 Å². The number of amides is 2. The van der Waals surface area contributed by atoms with Crippen LogP contribution in [-0.4, -0.2) is 52.8 Å². The van der Waals surface area contributed by atoms with Gasteiger partial charge in [0.2, 0.25) is 5.91 Å². The lowest BCUT2D eigenvalue weighted by atomic mass is 9.94. The van der Waals surface area contributed by atoms with Crippen LogP contribution in [0.25, 0.3) is 0 Å². The van der Waals surface area contributed by atoms with E-state index < -0.39 is 0 Å². The van der Waals surface area contributed by atoms with E-state index in [0.717, 1.165) is 48.7 Å². The van der Waals surface area contributed by atoms with Crippen LogP contribution in [0, 0.1) is 19.8 Å². The smallest absolute Gasteiger partial charge is 0.256 e.